The van der Waals surface area contributed by atoms with Crippen molar-refractivity contribution in [3.63, 3.8) is 0 Å². The highest BCUT2D eigenvalue weighted by molar-refractivity contribution is 9.10. The summed E-state index contributed by atoms with van der Waals surface area (Å²) in [6.07, 6.45) is 0. The van der Waals surface area contributed by atoms with Crippen LogP contribution in [-0.4, -0.2) is 9.04 Å². The van der Waals surface area contributed by atoms with Crippen LogP contribution in [0.4, 0.5) is 0 Å². The summed E-state index contributed by atoms with van der Waals surface area (Å²) in [7, 11) is -0.806. The van der Waals surface area contributed by atoms with Gasteiger partial charge in [-0.15, -0.1) is 0 Å². The third kappa shape index (κ3) is 4.21. The molecule has 0 N–H and O–H groups in total. The lowest BCUT2D eigenvalue weighted by Gasteiger charge is -2.24. The molecular formula is C12H17BrClOSi. The molecule has 0 saturated heterocycles. The lowest BCUT2D eigenvalue weighted by Crippen LogP contribution is -2.25. The van der Waals surface area contributed by atoms with Gasteiger partial charge in [0.1, 0.15) is 0 Å². The van der Waals surface area contributed by atoms with E-state index in [4.69, 9.17) is 16.0 Å². The summed E-state index contributed by atoms with van der Waals surface area (Å²) in [6.45, 7) is 9.42. The summed E-state index contributed by atoms with van der Waals surface area (Å²) in [6, 6.07) is 5.84. The van der Waals surface area contributed by atoms with Crippen LogP contribution in [-0.2, 0) is 11.0 Å². The molecule has 89 valence electrons. The minimum Gasteiger partial charge on any atom is -0.412 e. The molecule has 0 aliphatic heterocycles. The van der Waals surface area contributed by atoms with Crippen LogP contribution in [0.5, 0.6) is 0 Å². The van der Waals surface area contributed by atoms with Crippen molar-refractivity contribution in [2.75, 3.05) is 0 Å². The van der Waals surface area contributed by atoms with Gasteiger partial charge in [-0.25, -0.2) is 0 Å². The largest absolute Gasteiger partial charge is 0.412 e. The van der Waals surface area contributed by atoms with Crippen LogP contribution in [0.25, 0.3) is 0 Å². The van der Waals surface area contributed by atoms with Gasteiger partial charge >= 0.3 is 0 Å². The third-order valence-corrected chi connectivity index (χ3v) is 6.06. The Morgan fingerprint density at radius 3 is 2.56 bits per heavy atom. The maximum atomic E-state index is 6.10. The van der Waals surface area contributed by atoms with Gasteiger partial charge in [0, 0.05) is 9.50 Å². The topological polar surface area (TPSA) is 9.23 Å². The van der Waals surface area contributed by atoms with Gasteiger partial charge in [0.05, 0.1) is 6.61 Å². The highest BCUT2D eigenvalue weighted by Gasteiger charge is 2.24. The molecule has 4 heteroatoms. The number of benzene rings is 1. The van der Waals surface area contributed by atoms with Crippen LogP contribution in [0.15, 0.2) is 22.7 Å². The third-order valence-electron chi connectivity index (χ3n) is 2.51. The molecule has 0 heterocycles. The SMILES string of the molecule is C[Si](OCc1cc(Br)ccc1Cl)C(C)(C)C. The Bertz CT molecular complexity index is 363. The van der Waals surface area contributed by atoms with Crippen molar-refractivity contribution in [2.45, 2.75) is 39.0 Å². The summed E-state index contributed by atoms with van der Waals surface area (Å²) in [5, 5.41) is 1.02. The molecule has 0 bridgehead atoms. The first-order chi connectivity index (χ1) is 7.30. The number of halogens is 2. The molecule has 1 aromatic carbocycles. The van der Waals surface area contributed by atoms with E-state index in [1.54, 1.807) is 0 Å². The second kappa shape index (κ2) is 5.67. The Morgan fingerprint density at radius 2 is 2.00 bits per heavy atom. The maximum absolute atomic E-state index is 6.10. The monoisotopic (exact) mass is 319 g/mol. The standard InChI is InChI=1S/C12H17BrClOSi/c1-12(2,3)16(4)15-8-9-7-10(13)5-6-11(9)14/h5-7H,8H2,1-4H3. The second-order valence-corrected chi connectivity index (χ2v) is 9.05. The maximum Gasteiger partial charge on any atom is 0.214 e. The molecule has 16 heavy (non-hydrogen) atoms. The predicted molar refractivity (Wildman–Crippen MR) is 75.3 cm³/mol. The zero-order valence-corrected chi connectivity index (χ0v) is 13.4. The van der Waals surface area contributed by atoms with E-state index in [1.807, 2.05) is 18.2 Å². The van der Waals surface area contributed by atoms with Crippen molar-refractivity contribution < 1.29 is 4.43 Å². The van der Waals surface area contributed by atoms with Crippen molar-refractivity contribution >= 4 is 36.6 Å². The number of rotatable bonds is 3. The molecule has 0 unspecified atom stereocenters. The van der Waals surface area contributed by atoms with Gasteiger partial charge in [-0.2, -0.15) is 0 Å². The van der Waals surface area contributed by atoms with Crippen LogP contribution < -0.4 is 0 Å². The molecule has 0 amide bonds. The van der Waals surface area contributed by atoms with E-state index in [1.165, 1.54) is 0 Å². The minimum atomic E-state index is -0.806. The molecule has 0 fully saturated rings. The predicted octanol–water partition coefficient (Wildman–Crippen LogP) is 5.04. The van der Waals surface area contributed by atoms with Gasteiger partial charge in [0.15, 0.2) is 0 Å². The first-order valence-electron chi connectivity index (χ1n) is 5.21. The molecular weight excluding hydrogens is 304 g/mol. The minimum absolute atomic E-state index is 0.253. The summed E-state index contributed by atoms with van der Waals surface area (Å²) < 4.78 is 6.96. The van der Waals surface area contributed by atoms with Crippen molar-refractivity contribution in [1.29, 1.82) is 0 Å². The Labute approximate surface area is 113 Å². The quantitative estimate of drug-likeness (QED) is 0.709. The van der Waals surface area contributed by atoms with E-state index < -0.39 is 9.04 Å². The summed E-state index contributed by atoms with van der Waals surface area (Å²) in [5.74, 6) is 0. The molecule has 0 spiro atoms. The average molecular weight is 321 g/mol. The molecule has 0 atom stereocenters. The van der Waals surface area contributed by atoms with Gasteiger partial charge in [-0.05, 0) is 35.3 Å². The van der Waals surface area contributed by atoms with Crippen molar-refractivity contribution in [1.82, 2.24) is 0 Å². The molecule has 1 radical (unpaired) electrons. The molecule has 0 aliphatic rings. The smallest absolute Gasteiger partial charge is 0.214 e. The number of hydrogen-bond donors (Lipinski definition) is 0. The number of hydrogen-bond acceptors (Lipinski definition) is 1. The van der Waals surface area contributed by atoms with E-state index in [-0.39, 0.29) is 5.04 Å². The van der Waals surface area contributed by atoms with Crippen LogP contribution in [0, 0.1) is 0 Å². The van der Waals surface area contributed by atoms with Crippen molar-refractivity contribution in [2.24, 2.45) is 0 Å². The van der Waals surface area contributed by atoms with Gasteiger partial charge in [0.25, 0.3) is 0 Å². The van der Waals surface area contributed by atoms with E-state index in [0.717, 1.165) is 15.1 Å². The summed E-state index contributed by atoms with van der Waals surface area (Å²) in [5.41, 5.74) is 1.05. The zero-order valence-electron chi connectivity index (χ0n) is 10.1. The lowest BCUT2D eigenvalue weighted by molar-refractivity contribution is 0.294. The fourth-order valence-corrected chi connectivity index (χ4v) is 2.44. The Balaban J connectivity index is 2.64. The average Bonchev–Trinajstić information content (AvgIpc) is 2.17. The van der Waals surface area contributed by atoms with Crippen molar-refractivity contribution in [3.05, 3.63) is 33.3 Å². The van der Waals surface area contributed by atoms with E-state index in [2.05, 4.69) is 43.2 Å². The second-order valence-electron chi connectivity index (χ2n) is 4.83. The van der Waals surface area contributed by atoms with Crippen LogP contribution in [0.1, 0.15) is 26.3 Å². The van der Waals surface area contributed by atoms with Crippen molar-refractivity contribution in [3.8, 4) is 0 Å². The fraction of sp³-hybridized carbons (Fsp3) is 0.500. The van der Waals surface area contributed by atoms with E-state index >= 15 is 0 Å². The first kappa shape index (κ1) is 14.2. The summed E-state index contributed by atoms with van der Waals surface area (Å²) in [4.78, 5) is 0. The lowest BCUT2D eigenvalue weighted by atomic mass is 10.2. The van der Waals surface area contributed by atoms with E-state index in [9.17, 15) is 0 Å². The van der Waals surface area contributed by atoms with E-state index in [0.29, 0.717) is 6.61 Å². The summed E-state index contributed by atoms with van der Waals surface area (Å²) >= 11 is 9.54. The highest BCUT2D eigenvalue weighted by atomic mass is 79.9. The van der Waals surface area contributed by atoms with Gasteiger partial charge in [0.2, 0.25) is 9.04 Å². The van der Waals surface area contributed by atoms with Crippen LogP contribution in [0.2, 0.25) is 16.6 Å². The fourth-order valence-electron chi connectivity index (χ4n) is 1.06. The van der Waals surface area contributed by atoms with Gasteiger partial charge in [-0.3, -0.25) is 0 Å². The molecule has 0 aliphatic carbocycles. The molecule has 0 saturated carbocycles. The Morgan fingerprint density at radius 1 is 1.38 bits per heavy atom. The zero-order chi connectivity index (χ0) is 12.3. The normalized spacial score (nSPS) is 12.2. The van der Waals surface area contributed by atoms with Crippen LogP contribution >= 0.6 is 27.5 Å². The Hall–Kier alpha value is 0.167. The molecule has 1 nitrogen and oxygen atoms in total. The van der Waals surface area contributed by atoms with Crippen LogP contribution in [0.3, 0.4) is 0 Å². The first-order valence-corrected chi connectivity index (χ1v) is 8.29. The Kier molecular flexibility index (Phi) is 5.04. The van der Waals surface area contributed by atoms with Gasteiger partial charge in [-0.1, -0.05) is 48.3 Å². The van der Waals surface area contributed by atoms with Gasteiger partial charge < -0.3 is 4.43 Å². The molecule has 0 aromatic heterocycles. The molecule has 1 rings (SSSR count). The molecule has 1 aromatic rings. The highest BCUT2D eigenvalue weighted by Crippen LogP contribution is 2.29.